The quantitative estimate of drug-likeness (QED) is 0.846. The molecule has 0 radical (unpaired) electrons. The molecule has 5 heteroatoms. The minimum atomic E-state index is -0.266. The zero-order valence-corrected chi connectivity index (χ0v) is 13.9. The third-order valence-electron chi connectivity index (χ3n) is 4.15. The van der Waals surface area contributed by atoms with Crippen LogP contribution in [0.25, 0.3) is 0 Å². The average molecular weight is 343 g/mol. The molecule has 2 aromatic rings. The number of anilines is 1. The Kier molecular flexibility index (Phi) is 5.16. The second kappa shape index (κ2) is 7.49. The van der Waals surface area contributed by atoms with E-state index in [9.17, 15) is 9.59 Å². The van der Waals surface area contributed by atoms with Gasteiger partial charge in [-0.05, 0) is 30.5 Å². The third-order valence-corrected chi connectivity index (χ3v) is 4.48. The Bertz CT molecular complexity index is 733. The van der Waals surface area contributed by atoms with E-state index in [1.165, 1.54) is 5.56 Å². The van der Waals surface area contributed by atoms with Crippen LogP contribution in [0.5, 0.6) is 0 Å². The molecule has 0 spiro atoms. The molecule has 2 unspecified atom stereocenters. The Morgan fingerprint density at radius 1 is 0.958 bits per heavy atom. The fourth-order valence-corrected chi connectivity index (χ4v) is 2.85. The van der Waals surface area contributed by atoms with E-state index in [0.29, 0.717) is 23.7 Å². The summed E-state index contributed by atoms with van der Waals surface area (Å²) < 4.78 is 0. The molecule has 0 aromatic heterocycles. The Hall–Kier alpha value is -2.33. The van der Waals surface area contributed by atoms with E-state index in [1.807, 2.05) is 36.4 Å². The fourth-order valence-electron chi connectivity index (χ4n) is 2.67. The number of amides is 2. The van der Waals surface area contributed by atoms with Gasteiger partial charge >= 0.3 is 0 Å². The molecule has 1 fully saturated rings. The molecule has 4 nitrogen and oxygen atoms in total. The number of para-hydroxylation sites is 1. The molecule has 24 heavy (non-hydrogen) atoms. The topological polar surface area (TPSA) is 58.2 Å². The van der Waals surface area contributed by atoms with Crippen LogP contribution in [0.1, 0.15) is 12.0 Å². The highest BCUT2D eigenvalue weighted by molar-refractivity contribution is 6.33. The van der Waals surface area contributed by atoms with Gasteiger partial charge < -0.3 is 10.6 Å². The van der Waals surface area contributed by atoms with Crippen LogP contribution < -0.4 is 10.6 Å². The van der Waals surface area contributed by atoms with Gasteiger partial charge in [0.15, 0.2) is 0 Å². The van der Waals surface area contributed by atoms with Crippen molar-refractivity contribution in [1.82, 2.24) is 5.32 Å². The molecule has 1 saturated carbocycles. The zero-order chi connectivity index (χ0) is 16.9. The Morgan fingerprint density at radius 2 is 1.62 bits per heavy atom. The lowest BCUT2D eigenvalue weighted by molar-refractivity contribution is -0.125. The van der Waals surface area contributed by atoms with Crippen LogP contribution in [0.3, 0.4) is 0 Å². The second-order valence-corrected chi connectivity index (χ2v) is 6.35. The summed E-state index contributed by atoms with van der Waals surface area (Å²) in [6.07, 6.45) is 1.38. The summed E-state index contributed by atoms with van der Waals surface area (Å²) in [5.74, 6) is -0.696. The van der Waals surface area contributed by atoms with E-state index in [4.69, 9.17) is 11.6 Å². The number of hydrogen-bond acceptors (Lipinski definition) is 2. The molecule has 0 bridgehead atoms. The summed E-state index contributed by atoms with van der Waals surface area (Å²) in [4.78, 5) is 24.3. The number of benzene rings is 2. The molecule has 0 saturated heterocycles. The molecule has 2 amide bonds. The molecular weight excluding hydrogens is 324 g/mol. The molecule has 0 aliphatic heterocycles. The highest BCUT2D eigenvalue weighted by Gasteiger charge is 2.47. The number of carbonyl (C=O) groups is 2. The summed E-state index contributed by atoms with van der Waals surface area (Å²) in [7, 11) is 0. The van der Waals surface area contributed by atoms with Crippen molar-refractivity contribution in [2.45, 2.75) is 12.8 Å². The maximum Gasteiger partial charge on any atom is 0.228 e. The lowest BCUT2D eigenvalue weighted by atomic mass is 10.1. The minimum absolute atomic E-state index is 0.0507. The SMILES string of the molecule is O=C(NCCc1ccccc1)C1CC1C(=O)Nc1ccccc1Cl. The fraction of sp³-hybridized carbons (Fsp3) is 0.263. The predicted molar refractivity (Wildman–Crippen MR) is 94.8 cm³/mol. The van der Waals surface area contributed by atoms with Crippen molar-refractivity contribution in [2.75, 3.05) is 11.9 Å². The van der Waals surface area contributed by atoms with Crippen LogP contribution in [0.15, 0.2) is 54.6 Å². The largest absolute Gasteiger partial charge is 0.356 e. The van der Waals surface area contributed by atoms with E-state index >= 15 is 0 Å². The molecule has 2 atom stereocenters. The van der Waals surface area contributed by atoms with Crippen molar-refractivity contribution in [3.8, 4) is 0 Å². The van der Waals surface area contributed by atoms with Crippen LogP contribution >= 0.6 is 11.6 Å². The van der Waals surface area contributed by atoms with Gasteiger partial charge in [-0.15, -0.1) is 0 Å². The lowest BCUT2D eigenvalue weighted by Gasteiger charge is -2.07. The summed E-state index contributed by atoms with van der Waals surface area (Å²) in [6, 6.07) is 17.1. The first-order valence-corrected chi connectivity index (χ1v) is 8.40. The van der Waals surface area contributed by atoms with Gasteiger partial charge in [0, 0.05) is 6.54 Å². The molecule has 1 aliphatic carbocycles. The number of nitrogens with one attached hydrogen (secondary N) is 2. The van der Waals surface area contributed by atoms with Crippen LogP contribution in [-0.2, 0) is 16.0 Å². The average Bonchev–Trinajstić information content (AvgIpc) is 3.39. The molecular formula is C19H19ClN2O2. The number of hydrogen-bond donors (Lipinski definition) is 2. The monoisotopic (exact) mass is 342 g/mol. The molecule has 1 aliphatic rings. The van der Waals surface area contributed by atoms with E-state index in [-0.39, 0.29) is 23.7 Å². The summed E-state index contributed by atoms with van der Waals surface area (Å²) in [5, 5.41) is 6.19. The smallest absolute Gasteiger partial charge is 0.228 e. The van der Waals surface area contributed by atoms with Crippen LogP contribution in [-0.4, -0.2) is 18.4 Å². The summed E-state index contributed by atoms with van der Waals surface area (Å²) in [6.45, 7) is 0.582. The standard InChI is InChI=1S/C19H19ClN2O2/c20-16-8-4-5-9-17(16)22-19(24)15-12-14(15)18(23)21-11-10-13-6-2-1-3-7-13/h1-9,14-15H,10-12H2,(H,21,23)(H,22,24). The summed E-state index contributed by atoms with van der Waals surface area (Å²) >= 11 is 6.03. The summed E-state index contributed by atoms with van der Waals surface area (Å²) in [5.41, 5.74) is 1.76. The van der Waals surface area contributed by atoms with E-state index < -0.39 is 0 Å². The second-order valence-electron chi connectivity index (χ2n) is 5.94. The van der Waals surface area contributed by atoms with Gasteiger partial charge in [-0.3, -0.25) is 9.59 Å². The molecule has 3 rings (SSSR count). The maximum atomic E-state index is 12.2. The predicted octanol–water partition coefficient (Wildman–Crippen LogP) is 3.27. The molecule has 124 valence electrons. The Balaban J connectivity index is 1.43. The van der Waals surface area contributed by atoms with Gasteiger partial charge in [-0.1, -0.05) is 54.1 Å². The highest BCUT2D eigenvalue weighted by Crippen LogP contribution is 2.39. The first-order chi connectivity index (χ1) is 11.6. The Labute approximate surface area is 146 Å². The zero-order valence-electron chi connectivity index (χ0n) is 13.2. The van der Waals surface area contributed by atoms with E-state index in [2.05, 4.69) is 10.6 Å². The van der Waals surface area contributed by atoms with Gasteiger partial charge in [0.1, 0.15) is 0 Å². The number of carbonyl (C=O) groups excluding carboxylic acids is 2. The first-order valence-electron chi connectivity index (χ1n) is 8.02. The third kappa shape index (κ3) is 4.15. The van der Waals surface area contributed by atoms with E-state index in [1.54, 1.807) is 18.2 Å². The van der Waals surface area contributed by atoms with Crippen LogP contribution in [0.4, 0.5) is 5.69 Å². The normalized spacial score (nSPS) is 18.7. The van der Waals surface area contributed by atoms with E-state index in [0.717, 1.165) is 6.42 Å². The Morgan fingerprint density at radius 3 is 2.38 bits per heavy atom. The van der Waals surface area contributed by atoms with Crippen molar-refractivity contribution >= 4 is 29.1 Å². The van der Waals surface area contributed by atoms with Gasteiger partial charge in [0.25, 0.3) is 0 Å². The molecule has 2 aromatic carbocycles. The first kappa shape index (κ1) is 16.5. The van der Waals surface area contributed by atoms with Crippen LogP contribution in [0.2, 0.25) is 5.02 Å². The van der Waals surface area contributed by atoms with Gasteiger partial charge in [-0.2, -0.15) is 0 Å². The van der Waals surface area contributed by atoms with Gasteiger partial charge in [-0.25, -0.2) is 0 Å². The van der Waals surface area contributed by atoms with Gasteiger partial charge in [0.2, 0.25) is 11.8 Å². The molecule has 0 heterocycles. The van der Waals surface area contributed by atoms with Crippen molar-refractivity contribution in [3.63, 3.8) is 0 Å². The minimum Gasteiger partial charge on any atom is -0.356 e. The molecule has 2 N–H and O–H groups in total. The maximum absolute atomic E-state index is 12.2. The van der Waals surface area contributed by atoms with Gasteiger partial charge in [0.05, 0.1) is 22.5 Å². The van der Waals surface area contributed by atoms with Crippen molar-refractivity contribution < 1.29 is 9.59 Å². The van der Waals surface area contributed by atoms with Crippen molar-refractivity contribution in [1.29, 1.82) is 0 Å². The lowest BCUT2D eigenvalue weighted by Crippen LogP contribution is -2.29. The van der Waals surface area contributed by atoms with Crippen molar-refractivity contribution in [3.05, 3.63) is 65.2 Å². The highest BCUT2D eigenvalue weighted by atomic mass is 35.5. The van der Waals surface area contributed by atoms with Crippen LogP contribution in [0, 0.1) is 11.8 Å². The number of rotatable bonds is 6. The van der Waals surface area contributed by atoms with Crippen molar-refractivity contribution in [2.24, 2.45) is 11.8 Å². The number of halogens is 1.